The van der Waals surface area contributed by atoms with Gasteiger partial charge in [-0.3, -0.25) is 9.88 Å². The van der Waals surface area contributed by atoms with Crippen LogP contribution in [0.3, 0.4) is 0 Å². The lowest BCUT2D eigenvalue weighted by Gasteiger charge is -2.22. The fourth-order valence-corrected chi connectivity index (χ4v) is 3.16. The minimum Gasteiger partial charge on any atom is -0.323 e. The largest absolute Gasteiger partial charge is 0.346 e. The number of hydrogen-bond acceptors (Lipinski definition) is 2. The zero-order chi connectivity index (χ0) is 15.3. The average Bonchev–Trinajstić information content (AvgIpc) is 2.48. The molecule has 0 heterocycles. The zero-order valence-corrected chi connectivity index (χ0v) is 12.8. The van der Waals surface area contributed by atoms with Crippen molar-refractivity contribution < 1.29 is 14.4 Å². The summed E-state index contributed by atoms with van der Waals surface area (Å²) in [6.45, 7) is 2.53. The second-order valence-electron chi connectivity index (χ2n) is 5.12. The lowest BCUT2D eigenvalue weighted by molar-refractivity contribution is 0.346. The van der Waals surface area contributed by atoms with Crippen molar-refractivity contribution in [2.75, 3.05) is 6.54 Å². The summed E-state index contributed by atoms with van der Waals surface area (Å²) >= 11 is 0. The van der Waals surface area contributed by atoms with Crippen LogP contribution in [0, 0.1) is 0 Å². The Morgan fingerprint density at radius 3 is 1.90 bits per heavy atom. The average molecular weight is 305 g/mol. The molecule has 0 amide bonds. The van der Waals surface area contributed by atoms with Gasteiger partial charge in [-0.05, 0) is 17.0 Å². The lowest BCUT2D eigenvalue weighted by atomic mass is 10.0. The Hall–Kier alpha value is -1.45. The molecule has 4 nitrogen and oxygen atoms in total. The molecule has 0 spiro atoms. The van der Waals surface area contributed by atoms with Gasteiger partial charge in [0.1, 0.15) is 5.78 Å². The highest BCUT2D eigenvalue weighted by atomic mass is 31.2. The SMILES string of the molecule is CC(CNC(c1ccccc1)P(=O)(O)O)c1ccccc1. The molecule has 2 aromatic rings. The molecule has 2 atom stereocenters. The van der Waals surface area contributed by atoms with Crippen molar-refractivity contribution in [3.8, 4) is 0 Å². The fourth-order valence-electron chi connectivity index (χ4n) is 2.25. The van der Waals surface area contributed by atoms with Gasteiger partial charge in [0.25, 0.3) is 0 Å². The molecule has 3 N–H and O–H groups in total. The Bertz CT molecular complexity index is 597. The fraction of sp³-hybridized carbons (Fsp3) is 0.250. The predicted molar refractivity (Wildman–Crippen MR) is 84.1 cm³/mol. The molecule has 112 valence electrons. The number of nitrogens with one attached hydrogen (secondary N) is 1. The van der Waals surface area contributed by atoms with Gasteiger partial charge in [0.15, 0.2) is 0 Å². The van der Waals surface area contributed by atoms with Gasteiger partial charge in [-0.2, -0.15) is 0 Å². The van der Waals surface area contributed by atoms with E-state index in [-0.39, 0.29) is 5.92 Å². The van der Waals surface area contributed by atoms with Crippen LogP contribution < -0.4 is 5.32 Å². The van der Waals surface area contributed by atoms with Crippen LogP contribution in [0.2, 0.25) is 0 Å². The maximum atomic E-state index is 11.7. The summed E-state index contributed by atoms with van der Waals surface area (Å²) in [5, 5.41) is 3.01. The zero-order valence-electron chi connectivity index (χ0n) is 11.9. The highest BCUT2D eigenvalue weighted by molar-refractivity contribution is 7.52. The maximum absolute atomic E-state index is 11.7. The molecule has 0 aliphatic carbocycles. The van der Waals surface area contributed by atoms with Crippen LogP contribution in [0.25, 0.3) is 0 Å². The first-order valence-electron chi connectivity index (χ1n) is 6.87. The van der Waals surface area contributed by atoms with Gasteiger partial charge < -0.3 is 9.79 Å². The molecular weight excluding hydrogens is 285 g/mol. The van der Waals surface area contributed by atoms with Crippen LogP contribution in [-0.2, 0) is 4.57 Å². The maximum Gasteiger partial charge on any atom is 0.346 e. The molecule has 0 aromatic heterocycles. The summed E-state index contributed by atoms with van der Waals surface area (Å²) in [6, 6.07) is 18.7. The summed E-state index contributed by atoms with van der Waals surface area (Å²) in [4.78, 5) is 19.1. The minimum absolute atomic E-state index is 0.170. The molecule has 2 aromatic carbocycles. The van der Waals surface area contributed by atoms with Crippen molar-refractivity contribution in [2.24, 2.45) is 0 Å². The molecule has 2 rings (SSSR count). The van der Waals surface area contributed by atoms with Crippen molar-refractivity contribution in [3.05, 3.63) is 71.8 Å². The Kier molecular flexibility index (Phi) is 5.32. The Labute approximate surface area is 125 Å². The third kappa shape index (κ3) is 4.51. The standard InChI is InChI=1S/C16H20NO3P/c1-13(14-8-4-2-5-9-14)12-17-16(21(18,19)20)15-10-6-3-7-11-15/h2-11,13,16-17H,12H2,1H3,(H2,18,19,20). The first-order chi connectivity index (χ1) is 9.98. The van der Waals surface area contributed by atoms with E-state index in [0.29, 0.717) is 12.1 Å². The summed E-state index contributed by atoms with van der Waals surface area (Å²) in [6.07, 6.45) is 0. The summed E-state index contributed by atoms with van der Waals surface area (Å²) in [7, 11) is -4.26. The van der Waals surface area contributed by atoms with Crippen LogP contribution in [0.15, 0.2) is 60.7 Å². The lowest BCUT2D eigenvalue weighted by Crippen LogP contribution is -2.25. The molecule has 0 saturated carbocycles. The van der Waals surface area contributed by atoms with Gasteiger partial charge in [0, 0.05) is 6.54 Å². The van der Waals surface area contributed by atoms with Crippen molar-refractivity contribution >= 4 is 7.60 Å². The molecule has 5 heteroatoms. The quantitative estimate of drug-likeness (QED) is 0.717. The second kappa shape index (κ2) is 7.01. The van der Waals surface area contributed by atoms with E-state index in [9.17, 15) is 14.4 Å². The normalized spacial score (nSPS) is 14.6. The molecule has 0 bridgehead atoms. The number of hydrogen-bond donors (Lipinski definition) is 3. The van der Waals surface area contributed by atoms with E-state index in [0.717, 1.165) is 5.56 Å². The van der Waals surface area contributed by atoms with Gasteiger partial charge >= 0.3 is 7.60 Å². The highest BCUT2D eigenvalue weighted by Crippen LogP contribution is 2.49. The van der Waals surface area contributed by atoms with E-state index >= 15 is 0 Å². The second-order valence-corrected chi connectivity index (χ2v) is 6.82. The van der Waals surface area contributed by atoms with Crippen LogP contribution in [0.4, 0.5) is 0 Å². The van der Waals surface area contributed by atoms with Crippen LogP contribution in [-0.4, -0.2) is 16.3 Å². The smallest absolute Gasteiger partial charge is 0.323 e. The Morgan fingerprint density at radius 1 is 0.952 bits per heavy atom. The Morgan fingerprint density at radius 2 is 1.43 bits per heavy atom. The molecule has 0 saturated heterocycles. The topological polar surface area (TPSA) is 69.6 Å². The molecular formula is C16H20NO3P. The Balaban J connectivity index is 2.09. The minimum atomic E-state index is -4.26. The molecule has 0 aliphatic heterocycles. The van der Waals surface area contributed by atoms with Crippen LogP contribution >= 0.6 is 7.60 Å². The van der Waals surface area contributed by atoms with Crippen molar-refractivity contribution in [1.82, 2.24) is 5.32 Å². The first kappa shape index (κ1) is 15.9. The number of benzene rings is 2. The monoisotopic (exact) mass is 305 g/mol. The van der Waals surface area contributed by atoms with Gasteiger partial charge in [-0.1, -0.05) is 67.6 Å². The van der Waals surface area contributed by atoms with E-state index in [1.54, 1.807) is 24.3 Å². The predicted octanol–water partition coefficient (Wildman–Crippen LogP) is 3.26. The van der Waals surface area contributed by atoms with Gasteiger partial charge in [0.05, 0.1) is 0 Å². The van der Waals surface area contributed by atoms with Crippen molar-refractivity contribution in [2.45, 2.75) is 18.6 Å². The van der Waals surface area contributed by atoms with E-state index in [4.69, 9.17) is 0 Å². The van der Waals surface area contributed by atoms with Crippen LogP contribution in [0.1, 0.15) is 29.8 Å². The van der Waals surface area contributed by atoms with Gasteiger partial charge in [-0.25, -0.2) is 0 Å². The molecule has 21 heavy (non-hydrogen) atoms. The summed E-state index contributed by atoms with van der Waals surface area (Å²) in [5.74, 6) is -0.797. The third-order valence-corrected chi connectivity index (χ3v) is 4.59. The van der Waals surface area contributed by atoms with E-state index < -0.39 is 13.4 Å². The van der Waals surface area contributed by atoms with Gasteiger partial charge in [0.2, 0.25) is 0 Å². The van der Waals surface area contributed by atoms with E-state index in [1.807, 2.05) is 43.3 Å². The molecule has 0 radical (unpaired) electrons. The van der Waals surface area contributed by atoms with E-state index in [1.165, 1.54) is 0 Å². The van der Waals surface area contributed by atoms with E-state index in [2.05, 4.69) is 5.32 Å². The molecule has 2 unspecified atom stereocenters. The summed E-state index contributed by atoms with van der Waals surface area (Å²) in [5.41, 5.74) is 1.74. The van der Waals surface area contributed by atoms with Gasteiger partial charge in [-0.15, -0.1) is 0 Å². The highest BCUT2D eigenvalue weighted by Gasteiger charge is 2.30. The summed E-state index contributed by atoms with van der Waals surface area (Å²) < 4.78 is 11.7. The van der Waals surface area contributed by atoms with Crippen molar-refractivity contribution in [1.29, 1.82) is 0 Å². The number of rotatable bonds is 6. The molecule has 0 fully saturated rings. The third-order valence-electron chi connectivity index (χ3n) is 3.44. The molecule has 0 aliphatic rings. The van der Waals surface area contributed by atoms with Crippen molar-refractivity contribution in [3.63, 3.8) is 0 Å². The first-order valence-corrected chi connectivity index (χ1v) is 8.55. The van der Waals surface area contributed by atoms with Crippen LogP contribution in [0.5, 0.6) is 0 Å².